The van der Waals surface area contributed by atoms with E-state index in [0.717, 1.165) is 12.1 Å². The zero-order valence-corrected chi connectivity index (χ0v) is 13.2. The SMILES string of the molecule is CNCCNC(=O)C(c1ccccc1)N(C)C.Cl.Cl. The first-order valence-electron chi connectivity index (χ1n) is 5.80. The predicted octanol–water partition coefficient (Wildman–Crippen LogP) is 1.47. The molecule has 1 aromatic rings. The van der Waals surface area contributed by atoms with Gasteiger partial charge in [-0.15, -0.1) is 24.8 Å². The highest BCUT2D eigenvalue weighted by molar-refractivity contribution is 5.85. The second kappa shape index (κ2) is 11.1. The minimum atomic E-state index is -0.229. The van der Waals surface area contributed by atoms with Gasteiger partial charge in [-0.3, -0.25) is 9.69 Å². The van der Waals surface area contributed by atoms with Gasteiger partial charge in [0.05, 0.1) is 0 Å². The van der Waals surface area contributed by atoms with Crippen LogP contribution in [0.2, 0.25) is 0 Å². The molecule has 1 aromatic carbocycles. The number of halogens is 2. The Morgan fingerprint density at radius 1 is 1.16 bits per heavy atom. The molecule has 0 radical (unpaired) electrons. The van der Waals surface area contributed by atoms with Gasteiger partial charge in [0.1, 0.15) is 6.04 Å². The summed E-state index contributed by atoms with van der Waals surface area (Å²) in [5.41, 5.74) is 1.01. The van der Waals surface area contributed by atoms with Crippen LogP contribution in [0, 0.1) is 0 Å². The fraction of sp³-hybridized carbons (Fsp3) is 0.462. The first kappa shape index (κ1) is 20.5. The molecule has 0 fully saturated rings. The lowest BCUT2D eigenvalue weighted by atomic mass is 10.1. The van der Waals surface area contributed by atoms with E-state index in [2.05, 4.69) is 10.6 Å². The van der Waals surface area contributed by atoms with Crippen molar-refractivity contribution in [1.82, 2.24) is 15.5 Å². The van der Waals surface area contributed by atoms with E-state index in [1.807, 2.05) is 56.4 Å². The topological polar surface area (TPSA) is 44.4 Å². The van der Waals surface area contributed by atoms with Crippen LogP contribution in [0.1, 0.15) is 11.6 Å². The molecule has 0 aliphatic carbocycles. The highest BCUT2D eigenvalue weighted by atomic mass is 35.5. The molecule has 6 heteroatoms. The van der Waals surface area contributed by atoms with Crippen LogP contribution in [0.25, 0.3) is 0 Å². The summed E-state index contributed by atoms with van der Waals surface area (Å²) in [5.74, 6) is 0.0384. The van der Waals surface area contributed by atoms with Crippen LogP contribution in [-0.4, -0.2) is 45.0 Å². The molecule has 0 heterocycles. The highest BCUT2D eigenvalue weighted by Gasteiger charge is 2.21. The fourth-order valence-electron chi connectivity index (χ4n) is 1.73. The van der Waals surface area contributed by atoms with Gasteiger partial charge in [-0.25, -0.2) is 0 Å². The van der Waals surface area contributed by atoms with Crippen molar-refractivity contribution < 1.29 is 4.79 Å². The van der Waals surface area contributed by atoms with E-state index in [9.17, 15) is 4.79 Å². The lowest BCUT2D eigenvalue weighted by molar-refractivity contribution is -0.125. The molecule has 0 bridgehead atoms. The highest BCUT2D eigenvalue weighted by Crippen LogP contribution is 2.17. The summed E-state index contributed by atoms with van der Waals surface area (Å²) < 4.78 is 0. The monoisotopic (exact) mass is 307 g/mol. The van der Waals surface area contributed by atoms with Crippen molar-refractivity contribution in [1.29, 1.82) is 0 Å². The van der Waals surface area contributed by atoms with Gasteiger partial charge in [-0.1, -0.05) is 30.3 Å². The molecule has 19 heavy (non-hydrogen) atoms. The van der Waals surface area contributed by atoms with E-state index in [1.54, 1.807) is 0 Å². The number of hydrogen-bond donors (Lipinski definition) is 2. The van der Waals surface area contributed by atoms with E-state index in [-0.39, 0.29) is 36.8 Å². The normalized spacial score (nSPS) is 11.2. The van der Waals surface area contributed by atoms with Crippen LogP contribution in [0.15, 0.2) is 30.3 Å². The summed E-state index contributed by atoms with van der Waals surface area (Å²) in [6.07, 6.45) is 0. The second-order valence-electron chi connectivity index (χ2n) is 4.17. The average molecular weight is 308 g/mol. The third-order valence-corrected chi connectivity index (χ3v) is 2.55. The van der Waals surface area contributed by atoms with Gasteiger partial charge in [-0.05, 0) is 26.7 Å². The van der Waals surface area contributed by atoms with Crippen LogP contribution in [0.3, 0.4) is 0 Å². The standard InChI is InChI=1S/C13H21N3O.2ClH/c1-14-9-10-15-13(17)12(16(2)3)11-7-5-4-6-8-11;;/h4-8,12,14H,9-10H2,1-3H3,(H,15,17);2*1H. The maximum atomic E-state index is 12.1. The molecule has 0 aromatic heterocycles. The average Bonchev–Trinajstić information content (AvgIpc) is 2.30. The smallest absolute Gasteiger partial charge is 0.241 e. The molecule has 0 saturated carbocycles. The quantitative estimate of drug-likeness (QED) is 0.782. The Labute approximate surface area is 127 Å². The first-order chi connectivity index (χ1) is 8.16. The molecule has 2 N–H and O–H groups in total. The number of hydrogen-bond acceptors (Lipinski definition) is 3. The number of amides is 1. The van der Waals surface area contributed by atoms with Gasteiger partial charge in [0, 0.05) is 13.1 Å². The minimum Gasteiger partial charge on any atom is -0.353 e. The summed E-state index contributed by atoms with van der Waals surface area (Å²) in [4.78, 5) is 14.0. The molecule has 1 atom stereocenters. The van der Waals surface area contributed by atoms with Crippen LogP contribution in [0.4, 0.5) is 0 Å². The molecule has 0 saturated heterocycles. The lowest BCUT2D eigenvalue weighted by Gasteiger charge is -2.23. The Bertz CT molecular complexity index is 347. The Morgan fingerprint density at radius 3 is 2.21 bits per heavy atom. The van der Waals surface area contributed by atoms with Crippen LogP contribution < -0.4 is 10.6 Å². The second-order valence-corrected chi connectivity index (χ2v) is 4.17. The predicted molar refractivity (Wildman–Crippen MR) is 84.3 cm³/mol. The van der Waals surface area contributed by atoms with Crippen molar-refractivity contribution in [2.45, 2.75) is 6.04 Å². The maximum Gasteiger partial charge on any atom is 0.241 e. The van der Waals surface area contributed by atoms with Crippen molar-refractivity contribution in [2.75, 3.05) is 34.2 Å². The maximum absolute atomic E-state index is 12.1. The third-order valence-electron chi connectivity index (χ3n) is 2.55. The molecule has 1 amide bonds. The molecule has 0 aliphatic rings. The summed E-state index contributed by atoms with van der Waals surface area (Å²) in [6.45, 7) is 1.42. The Kier molecular flexibility index (Phi) is 11.9. The van der Waals surface area contributed by atoms with E-state index < -0.39 is 0 Å². The van der Waals surface area contributed by atoms with Gasteiger partial charge in [0.2, 0.25) is 5.91 Å². The number of likely N-dealkylation sites (N-methyl/N-ethyl adjacent to an activating group) is 2. The van der Waals surface area contributed by atoms with Gasteiger partial charge >= 0.3 is 0 Å². The van der Waals surface area contributed by atoms with E-state index in [0.29, 0.717) is 6.54 Å². The number of carbonyl (C=O) groups is 1. The first-order valence-corrected chi connectivity index (χ1v) is 5.80. The van der Waals surface area contributed by atoms with Crippen molar-refractivity contribution in [3.8, 4) is 0 Å². The van der Waals surface area contributed by atoms with E-state index in [4.69, 9.17) is 0 Å². The summed E-state index contributed by atoms with van der Waals surface area (Å²) in [5, 5.41) is 5.92. The van der Waals surface area contributed by atoms with E-state index in [1.165, 1.54) is 0 Å². The number of benzene rings is 1. The number of nitrogens with one attached hydrogen (secondary N) is 2. The van der Waals surface area contributed by atoms with Crippen molar-refractivity contribution in [2.24, 2.45) is 0 Å². The fourth-order valence-corrected chi connectivity index (χ4v) is 1.73. The van der Waals surface area contributed by atoms with Gasteiger partial charge in [0.25, 0.3) is 0 Å². The number of carbonyl (C=O) groups excluding carboxylic acids is 1. The Hall–Kier alpha value is -0.810. The minimum absolute atomic E-state index is 0. The number of rotatable bonds is 6. The Morgan fingerprint density at radius 2 is 1.74 bits per heavy atom. The summed E-state index contributed by atoms with van der Waals surface area (Å²) >= 11 is 0. The van der Waals surface area contributed by atoms with Crippen molar-refractivity contribution >= 4 is 30.7 Å². The zero-order valence-electron chi connectivity index (χ0n) is 11.6. The molecule has 1 rings (SSSR count). The van der Waals surface area contributed by atoms with Crippen LogP contribution in [-0.2, 0) is 4.79 Å². The van der Waals surface area contributed by atoms with Crippen molar-refractivity contribution in [3.05, 3.63) is 35.9 Å². The van der Waals surface area contributed by atoms with Gasteiger partial charge < -0.3 is 10.6 Å². The molecule has 110 valence electrons. The molecule has 0 aliphatic heterocycles. The largest absolute Gasteiger partial charge is 0.353 e. The van der Waals surface area contributed by atoms with Crippen molar-refractivity contribution in [3.63, 3.8) is 0 Å². The summed E-state index contributed by atoms with van der Waals surface area (Å²) in [6, 6.07) is 9.58. The zero-order chi connectivity index (χ0) is 12.7. The van der Waals surface area contributed by atoms with Crippen LogP contribution >= 0.6 is 24.8 Å². The molecule has 1 unspecified atom stereocenters. The molecular weight excluding hydrogens is 285 g/mol. The lowest BCUT2D eigenvalue weighted by Crippen LogP contribution is -2.39. The number of nitrogens with zero attached hydrogens (tertiary/aromatic N) is 1. The Balaban J connectivity index is 0. The van der Waals surface area contributed by atoms with E-state index >= 15 is 0 Å². The third kappa shape index (κ3) is 6.78. The molecular formula is C13H23Cl2N3O. The molecule has 4 nitrogen and oxygen atoms in total. The van der Waals surface area contributed by atoms with Crippen LogP contribution in [0.5, 0.6) is 0 Å². The molecule has 0 spiro atoms. The van der Waals surface area contributed by atoms with Gasteiger partial charge in [-0.2, -0.15) is 0 Å². The van der Waals surface area contributed by atoms with Gasteiger partial charge in [0.15, 0.2) is 0 Å². The summed E-state index contributed by atoms with van der Waals surface area (Å²) in [7, 11) is 5.69.